The molecule has 0 radical (unpaired) electrons. The molecule has 17 heavy (non-hydrogen) atoms. The van der Waals surface area contributed by atoms with Gasteiger partial charge in [0.1, 0.15) is 11.5 Å². The lowest BCUT2D eigenvalue weighted by Crippen LogP contribution is -2.16. The number of pyridine rings is 1. The molecule has 90 valence electrons. The van der Waals surface area contributed by atoms with E-state index in [0.29, 0.717) is 0 Å². The molecule has 1 N–H and O–H groups in total. The maximum atomic E-state index is 5.61. The second-order valence-electron chi connectivity index (χ2n) is 4.00. The van der Waals surface area contributed by atoms with E-state index in [9.17, 15) is 0 Å². The number of nitrogens with one attached hydrogen (secondary N) is 1. The van der Waals surface area contributed by atoms with E-state index in [2.05, 4.69) is 17.2 Å². The summed E-state index contributed by atoms with van der Waals surface area (Å²) in [6, 6.07) is 8.17. The first kappa shape index (κ1) is 11.9. The van der Waals surface area contributed by atoms with Crippen molar-refractivity contribution in [3.8, 4) is 0 Å². The van der Waals surface area contributed by atoms with Crippen molar-refractivity contribution in [3.63, 3.8) is 0 Å². The van der Waals surface area contributed by atoms with Crippen LogP contribution in [0.5, 0.6) is 0 Å². The Kier molecular flexibility index (Phi) is 4.33. The third kappa shape index (κ3) is 3.71. The third-order valence-electron chi connectivity index (χ3n) is 2.70. The summed E-state index contributed by atoms with van der Waals surface area (Å²) in [5.41, 5.74) is 1.31. The van der Waals surface area contributed by atoms with Crippen LogP contribution in [0.2, 0.25) is 0 Å². The van der Waals surface area contributed by atoms with E-state index in [1.165, 1.54) is 5.56 Å². The average Bonchev–Trinajstić information content (AvgIpc) is 2.84. The van der Waals surface area contributed by atoms with E-state index < -0.39 is 0 Å². The summed E-state index contributed by atoms with van der Waals surface area (Å²) < 4.78 is 5.61. The van der Waals surface area contributed by atoms with Crippen LogP contribution in [0.25, 0.3) is 0 Å². The van der Waals surface area contributed by atoms with E-state index in [0.717, 1.165) is 37.5 Å². The van der Waals surface area contributed by atoms with Gasteiger partial charge in [0.2, 0.25) is 0 Å². The largest absolute Gasteiger partial charge is 0.465 e. The van der Waals surface area contributed by atoms with Gasteiger partial charge in [0.25, 0.3) is 0 Å². The lowest BCUT2D eigenvalue weighted by atomic mass is 10.2. The Labute approximate surface area is 102 Å². The highest BCUT2D eigenvalue weighted by Crippen LogP contribution is 2.07. The van der Waals surface area contributed by atoms with Crippen LogP contribution < -0.4 is 5.32 Å². The van der Waals surface area contributed by atoms with Crippen molar-refractivity contribution in [2.75, 3.05) is 6.54 Å². The first-order chi connectivity index (χ1) is 8.38. The van der Waals surface area contributed by atoms with Crippen molar-refractivity contribution in [1.29, 1.82) is 0 Å². The second-order valence-corrected chi connectivity index (χ2v) is 4.00. The van der Waals surface area contributed by atoms with Gasteiger partial charge in [-0.2, -0.15) is 0 Å². The van der Waals surface area contributed by atoms with Crippen molar-refractivity contribution in [2.45, 2.75) is 26.3 Å². The zero-order valence-corrected chi connectivity index (χ0v) is 10.1. The lowest BCUT2D eigenvalue weighted by molar-refractivity contribution is 0.451. The standard InChI is InChI=1S/C14H18N2O/c1-2-13-3-4-14(17-13)11-16-10-7-12-5-8-15-9-6-12/h3-6,8-9,16H,2,7,10-11H2,1H3. The number of hydrogen-bond acceptors (Lipinski definition) is 3. The molecule has 0 atom stereocenters. The Morgan fingerprint density at radius 3 is 2.59 bits per heavy atom. The van der Waals surface area contributed by atoms with Gasteiger partial charge in [-0.3, -0.25) is 4.98 Å². The highest BCUT2D eigenvalue weighted by molar-refractivity contribution is 5.10. The molecule has 0 aliphatic rings. The molecule has 2 aromatic heterocycles. The zero-order chi connectivity index (χ0) is 11.9. The number of aryl methyl sites for hydroxylation is 1. The predicted octanol–water partition coefficient (Wildman–Crippen LogP) is 2.57. The van der Waals surface area contributed by atoms with Crippen LogP contribution in [0, 0.1) is 0 Å². The second kappa shape index (κ2) is 6.21. The minimum atomic E-state index is 0.797. The maximum Gasteiger partial charge on any atom is 0.117 e. The Morgan fingerprint density at radius 1 is 1.12 bits per heavy atom. The molecule has 2 heterocycles. The zero-order valence-electron chi connectivity index (χ0n) is 10.1. The van der Waals surface area contributed by atoms with Crippen molar-refractivity contribution >= 4 is 0 Å². The van der Waals surface area contributed by atoms with Gasteiger partial charge in [0.15, 0.2) is 0 Å². The molecular formula is C14H18N2O. The SMILES string of the molecule is CCc1ccc(CNCCc2ccncc2)o1. The summed E-state index contributed by atoms with van der Waals surface area (Å²) in [7, 11) is 0. The van der Waals surface area contributed by atoms with Crippen molar-refractivity contribution < 1.29 is 4.42 Å². The first-order valence-electron chi connectivity index (χ1n) is 6.05. The van der Waals surface area contributed by atoms with Gasteiger partial charge in [-0.25, -0.2) is 0 Å². The van der Waals surface area contributed by atoms with Gasteiger partial charge in [-0.05, 0) is 42.8 Å². The molecule has 0 amide bonds. The van der Waals surface area contributed by atoms with Crippen molar-refractivity contribution in [3.05, 3.63) is 53.7 Å². The van der Waals surface area contributed by atoms with Gasteiger partial charge in [0.05, 0.1) is 6.54 Å². The molecule has 0 spiro atoms. The monoisotopic (exact) mass is 230 g/mol. The fraction of sp³-hybridized carbons (Fsp3) is 0.357. The summed E-state index contributed by atoms with van der Waals surface area (Å²) in [4.78, 5) is 4.00. The minimum absolute atomic E-state index is 0.797. The fourth-order valence-corrected chi connectivity index (χ4v) is 1.70. The number of nitrogens with zero attached hydrogens (tertiary/aromatic N) is 1. The normalized spacial score (nSPS) is 10.6. The topological polar surface area (TPSA) is 38.1 Å². The van der Waals surface area contributed by atoms with Crippen LogP contribution in [0.1, 0.15) is 24.0 Å². The van der Waals surface area contributed by atoms with Crippen LogP contribution in [0.3, 0.4) is 0 Å². The molecule has 0 fully saturated rings. The van der Waals surface area contributed by atoms with Crippen LogP contribution in [-0.2, 0) is 19.4 Å². The molecule has 0 saturated carbocycles. The van der Waals surface area contributed by atoms with Gasteiger partial charge >= 0.3 is 0 Å². The van der Waals surface area contributed by atoms with Crippen LogP contribution in [0.4, 0.5) is 0 Å². The predicted molar refractivity (Wildman–Crippen MR) is 67.7 cm³/mol. The van der Waals surface area contributed by atoms with Crippen LogP contribution >= 0.6 is 0 Å². The van der Waals surface area contributed by atoms with Gasteiger partial charge in [0, 0.05) is 18.8 Å². The Bertz CT molecular complexity index is 436. The molecule has 0 saturated heterocycles. The van der Waals surface area contributed by atoms with E-state index in [-0.39, 0.29) is 0 Å². The van der Waals surface area contributed by atoms with Crippen LogP contribution in [-0.4, -0.2) is 11.5 Å². The molecule has 2 aromatic rings. The molecule has 0 unspecified atom stereocenters. The summed E-state index contributed by atoms with van der Waals surface area (Å²) >= 11 is 0. The van der Waals surface area contributed by atoms with E-state index in [1.807, 2.05) is 36.7 Å². The molecule has 3 nitrogen and oxygen atoms in total. The van der Waals surface area contributed by atoms with E-state index in [4.69, 9.17) is 4.42 Å². The average molecular weight is 230 g/mol. The highest BCUT2D eigenvalue weighted by Gasteiger charge is 1.99. The number of aromatic nitrogens is 1. The van der Waals surface area contributed by atoms with E-state index >= 15 is 0 Å². The molecule has 0 aliphatic carbocycles. The third-order valence-corrected chi connectivity index (χ3v) is 2.70. The molecule has 2 rings (SSSR count). The molecule has 0 aliphatic heterocycles. The fourth-order valence-electron chi connectivity index (χ4n) is 1.70. The summed E-state index contributed by atoms with van der Waals surface area (Å²) in [5.74, 6) is 2.06. The van der Waals surface area contributed by atoms with Gasteiger partial charge in [-0.15, -0.1) is 0 Å². The number of furan rings is 1. The van der Waals surface area contributed by atoms with Crippen LogP contribution in [0.15, 0.2) is 41.1 Å². The number of hydrogen-bond donors (Lipinski definition) is 1. The Morgan fingerprint density at radius 2 is 1.88 bits per heavy atom. The summed E-state index contributed by atoms with van der Waals surface area (Å²) in [6.07, 6.45) is 5.63. The Balaban J connectivity index is 1.69. The van der Waals surface area contributed by atoms with Gasteiger partial charge in [-0.1, -0.05) is 6.92 Å². The smallest absolute Gasteiger partial charge is 0.117 e. The quantitative estimate of drug-likeness (QED) is 0.775. The van der Waals surface area contributed by atoms with Crippen molar-refractivity contribution in [2.24, 2.45) is 0 Å². The first-order valence-corrected chi connectivity index (χ1v) is 6.05. The maximum absolute atomic E-state index is 5.61. The Hall–Kier alpha value is -1.61. The molecule has 0 bridgehead atoms. The number of rotatable bonds is 6. The lowest BCUT2D eigenvalue weighted by Gasteiger charge is -2.02. The highest BCUT2D eigenvalue weighted by atomic mass is 16.3. The summed E-state index contributed by atoms with van der Waals surface area (Å²) in [5, 5.41) is 3.37. The summed E-state index contributed by atoms with van der Waals surface area (Å²) in [6.45, 7) is 3.84. The minimum Gasteiger partial charge on any atom is -0.465 e. The van der Waals surface area contributed by atoms with Crippen molar-refractivity contribution in [1.82, 2.24) is 10.3 Å². The van der Waals surface area contributed by atoms with Gasteiger partial charge < -0.3 is 9.73 Å². The van der Waals surface area contributed by atoms with E-state index in [1.54, 1.807) is 0 Å². The molecule has 3 heteroatoms. The molecule has 0 aromatic carbocycles. The molecular weight excluding hydrogens is 212 g/mol.